The number of benzene rings is 2. The van der Waals surface area contributed by atoms with E-state index in [4.69, 9.17) is 23.2 Å². The Morgan fingerprint density at radius 2 is 1.66 bits per heavy atom. The molecule has 2 rings (SSSR count). The second-order valence-corrected chi connectivity index (χ2v) is 11.5. The molecule has 0 aliphatic heterocycles. The fourth-order valence-corrected chi connectivity index (χ4v) is 4.54. The maximum Gasteiger partial charge on any atom is 0.244 e. The van der Waals surface area contributed by atoms with Crippen LogP contribution in [0.1, 0.15) is 43.9 Å². The number of halogens is 2. The molecule has 192 valence electrons. The number of carbonyl (C=O) groups excluding carboxylic acids is 2. The van der Waals surface area contributed by atoms with Crippen LogP contribution in [0.15, 0.2) is 36.4 Å². The number of aryl methyl sites for hydroxylation is 2. The Morgan fingerprint density at radius 1 is 1.00 bits per heavy atom. The summed E-state index contributed by atoms with van der Waals surface area (Å²) in [6.45, 7) is 8.83. The molecule has 0 fully saturated rings. The lowest BCUT2D eigenvalue weighted by Crippen LogP contribution is -2.52. The molecule has 0 radical (unpaired) electrons. The summed E-state index contributed by atoms with van der Waals surface area (Å²) in [5, 5.41) is 3.58. The van der Waals surface area contributed by atoms with Crippen LogP contribution in [-0.2, 0) is 26.2 Å². The van der Waals surface area contributed by atoms with Gasteiger partial charge in [0.2, 0.25) is 21.8 Å². The van der Waals surface area contributed by atoms with Crippen LogP contribution >= 0.6 is 23.2 Å². The van der Waals surface area contributed by atoms with Crippen molar-refractivity contribution >= 4 is 50.7 Å². The Morgan fingerprint density at radius 3 is 2.20 bits per heavy atom. The van der Waals surface area contributed by atoms with Gasteiger partial charge < -0.3 is 10.2 Å². The van der Waals surface area contributed by atoms with Gasteiger partial charge in [-0.1, -0.05) is 42.3 Å². The van der Waals surface area contributed by atoms with Gasteiger partial charge in [0.05, 0.1) is 22.0 Å². The summed E-state index contributed by atoms with van der Waals surface area (Å²) in [4.78, 5) is 27.8. The summed E-state index contributed by atoms with van der Waals surface area (Å²) in [7, 11) is -3.78. The molecule has 0 unspecified atom stereocenters. The number of nitrogens with zero attached hydrogens (tertiary/aromatic N) is 2. The van der Waals surface area contributed by atoms with Gasteiger partial charge >= 0.3 is 0 Å². The number of anilines is 1. The number of carbonyl (C=O) groups is 2. The van der Waals surface area contributed by atoms with E-state index in [0.29, 0.717) is 21.3 Å². The quantitative estimate of drug-likeness (QED) is 0.471. The average Bonchev–Trinajstić information content (AvgIpc) is 2.78. The topological polar surface area (TPSA) is 86.8 Å². The van der Waals surface area contributed by atoms with E-state index < -0.39 is 28.5 Å². The second kappa shape index (κ2) is 12.1. The highest BCUT2D eigenvalue weighted by Gasteiger charge is 2.30. The van der Waals surface area contributed by atoms with Gasteiger partial charge in [0, 0.05) is 12.6 Å². The molecule has 10 heteroatoms. The van der Waals surface area contributed by atoms with Crippen molar-refractivity contribution in [3.63, 3.8) is 0 Å². The maximum absolute atomic E-state index is 13.6. The predicted molar refractivity (Wildman–Crippen MR) is 142 cm³/mol. The van der Waals surface area contributed by atoms with Crippen molar-refractivity contribution in [2.24, 2.45) is 0 Å². The first-order chi connectivity index (χ1) is 16.2. The molecule has 2 atom stereocenters. The van der Waals surface area contributed by atoms with Crippen LogP contribution in [0, 0.1) is 13.8 Å². The summed E-state index contributed by atoms with van der Waals surface area (Å²) in [5.74, 6) is -0.851. The molecule has 2 aromatic rings. The smallest absolute Gasteiger partial charge is 0.244 e. The maximum atomic E-state index is 13.6. The van der Waals surface area contributed by atoms with Crippen molar-refractivity contribution in [1.82, 2.24) is 10.2 Å². The van der Waals surface area contributed by atoms with Gasteiger partial charge in [-0.25, -0.2) is 8.42 Å². The molecule has 0 spiro atoms. The minimum Gasteiger partial charge on any atom is -0.352 e. The number of nitrogens with one attached hydrogen (secondary N) is 1. The zero-order valence-corrected chi connectivity index (χ0v) is 23.3. The largest absolute Gasteiger partial charge is 0.352 e. The van der Waals surface area contributed by atoms with Gasteiger partial charge in [0.1, 0.15) is 12.6 Å². The van der Waals surface area contributed by atoms with Crippen LogP contribution in [0.2, 0.25) is 10.0 Å². The van der Waals surface area contributed by atoms with Crippen molar-refractivity contribution in [3.8, 4) is 0 Å². The van der Waals surface area contributed by atoms with Gasteiger partial charge in [0.15, 0.2) is 0 Å². The molecule has 0 bridgehead atoms. The molecule has 0 saturated heterocycles. The highest BCUT2D eigenvalue weighted by molar-refractivity contribution is 7.92. The average molecular weight is 543 g/mol. The Balaban J connectivity index is 2.43. The van der Waals surface area contributed by atoms with Gasteiger partial charge in [-0.3, -0.25) is 13.9 Å². The Labute approximate surface area is 218 Å². The number of sulfonamides is 1. The molecular weight excluding hydrogens is 509 g/mol. The predicted octanol–water partition coefficient (Wildman–Crippen LogP) is 4.71. The summed E-state index contributed by atoms with van der Waals surface area (Å²) in [5.41, 5.74) is 2.95. The van der Waals surface area contributed by atoms with Crippen molar-refractivity contribution in [1.29, 1.82) is 0 Å². The monoisotopic (exact) mass is 541 g/mol. The fourth-order valence-electron chi connectivity index (χ4n) is 3.38. The molecular formula is C25H33Cl2N3O4S. The lowest BCUT2D eigenvalue weighted by atomic mass is 10.1. The standard InChI is InChI=1S/C25H33Cl2N3O4S/c1-7-18(4)28-25(32)19(5)29(14-20-9-11-22(26)23(27)13-20)24(31)15-30(35(6,33)34)21-10-8-16(2)17(3)12-21/h8-13,18-19H,7,14-15H2,1-6H3,(H,28,32)/t18-,19+/m0/s1. The molecule has 35 heavy (non-hydrogen) atoms. The van der Waals surface area contributed by atoms with E-state index in [1.807, 2.05) is 33.8 Å². The Hall–Kier alpha value is -2.29. The Kier molecular flexibility index (Phi) is 10.0. The van der Waals surface area contributed by atoms with Gasteiger partial charge in [-0.2, -0.15) is 0 Å². The molecule has 0 saturated carbocycles. The normalized spacial score (nSPS) is 13.1. The van der Waals surface area contributed by atoms with Crippen molar-refractivity contribution < 1.29 is 18.0 Å². The van der Waals surface area contributed by atoms with E-state index in [1.54, 1.807) is 37.3 Å². The van der Waals surface area contributed by atoms with Crippen LogP contribution in [0.25, 0.3) is 0 Å². The van der Waals surface area contributed by atoms with Crippen LogP contribution in [-0.4, -0.2) is 50.0 Å². The molecule has 0 aliphatic carbocycles. The van der Waals surface area contributed by atoms with Crippen molar-refractivity contribution in [2.45, 2.75) is 59.7 Å². The molecule has 0 heterocycles. The number of rotatable bonds is 10. The third-order valence-corrected chi connectivity index (χ3v) is 7.84. The summed E-state index contributed by atoms with van der Waals surface area (Å²) in [6, 6.07) is 9.23. The minimum absolute atomic E-state index is 0.0509. The van der Waals surface area contributed by atoms with Crippen LogP contribution < -0.4 is 9.62 Å². The SMILES string of the molecule is CC[C@H](C)NC(=O)[C@@H](C)N(Cc1ccc(Cl)c(Cl)c1)C(=O)CN(c1ccc(C)c(C)c1)S(C)(=O)=O. The molecule has 2 aromatic carbocycles. The third-order valence-electron chi connectivity index (χ3n) is 5.96. The number of amides is 2. The lowest BCUT2D eigenvalue weighted by molar-refractivity contribution is -0.139. The first kappa shape index (κ1) is 28.9. The second-order valence-electron chi connectivity index (χ2n) is 8.80. The molecule has 0 aromatic heterocycles. The molecule has 7 nitrogen and oxygen atoms in total. The van der Waals surface area contributed by atoms with Crippen molar-refractivity contribution in [2.75, 3.05) is 17.1 Å². The number of hydrogen-bond donors (Lipinski definition) is 1. The summed E-state index contributed by atoms with van der Waals surface area (Å²) in [6.07, 6.45) is 1.78. The zero-order chi connectivity index (χ0) is 26.5. The summed E-state index contributed by atoms with van der Waals surface area (Å²) < 4.78 is 26.4. The first-order valence-electron chi connectivity index (χ1n) is 11.3. The van der Waals surface area contributed by atoms with Gasteiger partial charge in [-0.15, -0.1) is 0 Å². The van der Waals surface area contributed by atoms with E-state index >= 15 is 0 Å². The van der Waals surface area contributed by atoms with Crippen LogP contribution in [0.5, 0.6) is 0 Å². The third kappa shape index (κ3) is 7.85. The Bertz CT molecular complexity index is 1190. The van der Waals surface area contributed by atoms with E-state index in [-0.39, 0.29) is 18.5 Å². The van der Waals surface area contributed by atoms with E-state index in [0.717, 1.165) is 28.1 Å². The lowest BCUT2D eigenvalue weighted by Gasteiger charge is -2.32. The minimum atomic E-state index is -3.78. The van der Waals surface area contributed by atoms with E-state index in [9.17, 15) is 18.0 Å². The van der Waals surface area contributed by atoms with Crippen LogP contribution in [0.4, 0.5) is 5.69 Å². The van der Waals surface area contributed by atoms with E-state index in [2.05, 4.69) is 5.32 Å². The highest BCUT2D eigenvalue weighted by Crippen LogP contribution is 2.25. The van der Waals surface area contributed by atoms with Gasteiger partial charge in [-0.05, 0) is 75.1 Å². The molecule has 2 amide bonds. The molecule has 1 N–H and O–H groups in total. The van der Waals surface area contributed by atoms with Crippen molar-refractivity contribution in [3.05, 3.63) is 63.1 Å². The number of hydrogen-bond acceptors (Lipinski definition) is 4. The first-order valence-corrected chi connectivity index (χ1v) is 13.9. The van der Waals surface area contributed by atoms with Crippen LogP contribution in [0.3, 0.4) is 0 Å². The molecule has 0 aliphatic rings. The van der Waals surface area contributed by atoms with Gasteiger partial charge in [0.25, 0.3) is 0 Å². The zero-order valence-electron chi connectivity index (χ0n) is 20.9. The fraction of sp³-hybridized carbons (Fsp3) is 0.440. The van der Waals surface area contributed by atoms with E-state index in [1.165, 1.54) is 4.90 Å². The highest BCUT2D eigenvalue weighted by atomic mass is 35.5. The summed E-state index contributed by atoms with van der Waals surface area (Å²) >= 11 is 12.2.